The van der Waals surface area contributed by atoms with Crippen LogP contribution >= 0.6 is 15.9 Å². The predicted molar refractivity (Wildman–Crippen MR) is 240 cm³/mol. The summed E-state index contributed by atoms with van der Waals surface area (Å²) in [6.07, 6.45) is 23.7. The number of carbonyl (C=O) groups excluding carboxylic acids is 3. The average Bonchev–Trinajstić information content (AvgIpc) is 3.24. The first-order valence-electron chi connectivity index (χ1n) is 21.0. The van der Waals surface area contributed by atoms with Crippen LogP contribution in [0.3, 0.4) is 0 Å². The minimum atomic E-state index is -0.517. The minimum absolute atomic E-state index is 0. The number of aromatic nitrogens is 3. The number of rotatable bonds is 3. The van der Waals surface area contributed by atoms with Crippen molar-refractivity contribution in [2.75, 3.05) is 47.4 Å². The molecule has 3 aromatic heterocycles. The van der Waals surface area contributed by atoms with Crippen molar-refractivity contribution in [3.8, 4) is 0 Å². The third-order valence-corrected chi connectivity index (χ3v) is 11.4. The lowest BCUT2D eigenvalue weighted by molar-refractivity contribution is -0.126. The van der Waals surface area contributed by atoms with Crippen molar-refractivity contribution in [1.29, 1.82) is 0 Å². The van der Waals surface area contributed by atoms with Gasteiger partial charge in [0.05, 0.1) is 23.8 Å². The monoisotopic (exact) mass is 885 g/mol. The predicted octanol–water partition coefficient (Wildman–Crippen LogP) is 10.9. The van der Waals surface area contributed by atoms with Crippen LogP contribution in [0, 0.1) is 29.6 Å². The van der Waals surface area contributed by atoms with Gasteiger partial charge >= 0.3 is 0 Å². The van der Waals surface area contributed by atoms with Crippen LogP contribution in [-0.4, -0.2) is 65.4 Å². The number of hydrogen-bond donors (Lipinski definition) is 1. The highest BCUT2D eigenvalue weighted by Crippen LogP contribution is 2.26. The third kappa shape index (κ3) is 17.6. The number of carbonyl (C=O) groups is 3. The van der Waals surface area contributed by atoms with E-state index in [0.717, 1.165) is 80.7 Å². The van der Waals surface area contributed by atoms with Crippen LogP contribution in [0.1, 0.15) is 132 Å². The van der Waals surface area contributed by atoms with Crippen molar-refractivity contribution in [2.24, 2.45) is 17.8 Å². The first-order valence-corrected chi connectivity index (χ1v) is 21.8. The van der Waals surface area contributed by atoms with Crippen molar-refractivity contribution in [2.45, 2.75) is 132 Å². The summed E-state index contributed by atoms with van der Waals surface area (Å²) in [4.78, 5) is 52.1. The molecule has 5 fully saturated rings. The van der Waals surface area contributed by atoms with Crippen molar-refractivity contribution >= 4 is 50.8 Å². The second-order valence-corrected chi connectivity index (χ2v) is 16.5. The SMILES string of the molecule is C.C.C1CCCCC1.CC1CCCN(c2ccc(F)nc2)C1=O.CC1CCCN(c2ccc(N3CCCCC3)nc2)C1=O.CC1CCCNC1=O.Fc1ccc(Br)cn1. The van der Waals surface area contributed by atoms with Gasteiger partial charge in [-0.3, -0.25) is 14.4 Å². The van der Waals surface area contributed by atoms with E-state index in [1.807, 2.05) is 37.9 Å². The largest absolute Gasteiger partial charge is 0.357 e. The van der Waals surface area contributed by atoms with Crippen LogP contribution in [0.4, 0.5) is 26.0 Å². The van der Waals surface area contributed by atoms with E-state index in [1.165, 1.54) is 82.3 Å². The average molecular weight is 887 g/mol. The highest BCUT2D eigenvalue weighted by atomic mass is 79.9. The summed E-state index contributed by atoms with van der Waals surface area (Å²) in [5, 5.41) is 2.79. The Morgan fingerprint density at radius 3 is 1.41 bits per heavy atom. The molecule has 13 heteroatoms. The van der Waals surface area contributed by atoms with Gasteiger partial charge in [-0.05, 0) is 110 Å². The lowest BCUT2D eigenvalue weighted by Gasteiger charge is -2.31. The Hall–Kier alpha value is -4.00. The quantitative estimate of drug-likeness (QED) is 0.261. The van der Waals surface area contributed by atoms with E-state index in [1.54, 1.807) is 17.0 Å². The zero-order valence-electron chi connectivity index (χ0n) is 34.1. The highest BCUT2D eigenvalue weighted by molar-refractivity contribution is 9.10. The number of halogens is 3. The Balaban J connectivity index is 0.000000271. The van der Waals surface area contributed by atoms with E-state index < -0.39 is 11.9 Å². The smallest absolute Gasteiger partial charge is 0.229 e. The lowest BCUT2D eigenvalue weighted by atomic mass is 9.99. The molecular formula is C46H70BrF2N7O3. The molecule has 4 saturated heterocycles. The van der Waals surface area contributed by atoms with E-state index in [0.29, 0.717) is 12.2 Å². The fraction of sp³-hybridized carbons (Fsp3) is 0.609. The molecule has 5 aliphatic rings. The van der Waals surface area contributed by atoms with Crippen molar-refractivity contribution in [1.82, 2.24) is 20.3 Å². The van der Waals surface area contributed by atoms with Gasteiger partial charge < -0.3 is 20.0 Å². The normalized spacial score (nSPS) is 21.4. The molecule has 59 heavy (non-hydrogen) atoms. The topological polar surface area (TPSA) is 112 Å². The maximum absolute atomic E-state index is 12.6. The molecule has 3 aromatic rings. The maximum Gasteiger partial charge on any atom is 0.229 e. The Morgan fingerprint density at radius 1 is 0.559 bits per heavy atom. The van der Waals surface area contributed by atoms with Gasteiger partial charge in [-0.25, -0.2) is 15.0 Å². The number of nitrogens with zero attached hydrogens (tertiary/aromatic N) is 6. The Labute approximate surface area is 361 Å². The van der Waals surface area contributed by atoms with Crippen LogP contribution in [0.2, 0.25) is 0 Å². The Kier molecular flexibility index (Phi) is 24.0. The van der Waals surface area contributed by atoms with E-state index in [4.69, 9.17) is 0 Å². The number of amides is 3. The molecule has 10 nitrogen and oxygen atoms in total. The molecule has 0 bridgehead atoms. The second kappa shape index (κ2) is 27.7. The summed E-state index contributed by atoms with van der Waals surface area (Å²) in [6.45, 7) is 10.5. The van der Waals surface area contributed by atoms with E-state index in [2.05, 4.69) is 47.2 Å². The molecule has 3 unspecified atom stereocenters. The minimum Gasteiger partial charge on any atom is -0.357 e. The van der Waals surface area contributed by atoms with Crippen LogP contribution < -0.4 is 20.0 Å². The second-order valence-electron chi connectivity index (χ2n) is 15.6. The fourth-order valence-corrected chi connectivity index (χ4v) is 7.58. The maximum atomic E-state index is 12.6. The van der Waals surface area contributed by atoms with Gasteiger partial charge in [-0.1, -0.05) is 74.1 Å². The first-order chi connectivity index (χ1) is 27.5. The molecule has 0 aromatic carbocycles. The summed E-state index contributed by atoms with van der Waals surface area (Å²) in [5.41, 5.74) is 1.63. The zero-order valence-corrected chi connectivity index (χ0v) is 35.7. The molecule has 7 heterocycles. The summed E-state index contributed by atoms with van der Waals surface area (Å²) in [7, 11) is 0. The summed E-state index contributed by atoms with van der Waals surface area (Å²) >= 11 is 3.12. The van der Waals surface area contributed by atoms with E-state index >= 15 is 0 Å². The van der Waals surface area contributed by atoms with Crippen LogP contribution in [-0.2, 0) is 14.4 Å². The Bertz CT molecular complexity index is 1610. The number of piperidine rings is 4. The fourth-order valence-electron chi connectivity index (χ4n) is 7.34. The molecule has 1 aliphatic carbocycles. The van der Waals surface area contributed by atoms with Crippen LogP contribution in [0.15, 0.2) is 59.5 Å². The molecule has 1 saturated carbocycles. The molecule has 3 atom stereocenters. The standard InChI is InChI=1S/C16H23N3O.C11H13FN2O.C6H11NO.C6H12.C5H3BrFN.2CH4/c1-13-6-5-11-19(16(13)20)14-7-8-15(17-12-14)18-9-3-2-4-10-18;1-8-3-2-6-14(11(8)15)9-4-5-10(12)13-7-9;1-5-3-2-4-7-6(5)8;1-2-4-6-5-3-1;6-4-1-2-5(7)8-3-4;;/h7-8,12-13H,2-6,9-11H2,1H3;4-5,7-8H,2-3,6H2,1H3;5H,2-4H2,1H3,(H,7,8);1-6H2;1-3H;2*1H4. The number of pyridine rings is 3. The van der Waals surface area contributed by atoms with E-state index in [-0.39, 0.29) is 50.3 Å². The molecular weight excluding hydrogens is 816 g/mol. The molecule has 328 valence electrons. The number of nitrogens with one attached hydrogen (secondary N) is 1. The number of hydrogen-bond acceptors (Lipinski definition) is 7. The molecule has 3 amide bonds. The molecule has 1 N–H and O–H groups in total. The third-order valence-electron chi connectivity index (χ3n) is 10.9. The van der Waals surface area contributed by atoms with Crippen molar-refractivity contribution in [3.63, 3.8) is 0 Å². The van der Waals surface area contributed by atoms with Crippen LogP contribution in [0.25, 0.3) is 0 Å². The van der Waals surface area contributed by atoms with Crippen molar-refractivity contribution < 1.29 is 23.2 Å². The van der Waals surface area contributed by atoms with Gasteiger partial charge in [-0.2, -0.15) is 8.78 Å². The molecule has 8 rings (SSSR count). The van der Waals surface area contributed by atoms with E-state index in [9.17, 15) is 23.2 Å². The highest BCUT2D eigenvalue weighted by Gasteiger charge is 2.27. The van der Waals surface area contributed by atoms with Crippen LogP contribution in [0.5, 0.6) is 0 Å². The van der Waals surface area contributed by atoms with Crippen molar-refractivity contribution in [3.05, 3.63) is 71.4 Å². The van der Waals surface area contributed by atoms with Gasteiger partial charge in [0.15, 0.2) is 0 Å². The zero-order chi connectivity index (χ0) is 41.0. The lowest BCUT2D eigenvalue weighted by Crippen LogP contribution is -2.40. The van der Waals surface area contributed by atoms with Gasteiger partial charge in [0, 0.05) is 61.1 Å². The number of anilines is 3. The summed E-state index contributed by atoms with van der Waals surface area (Å²) in [5.74, 6) is 1.10. The van der Waals surface area contributed by atoms with Gasteiger partial charge in [0.2, 0.25) is 29.6 Å². The molecule has 0 spiro atoms. The van der Waals surface area contributed by atoms with Gasteiger partial charge in [-0.15, -0.1) is 0 Å². The molecule has 4 aliphatic heterocycles. The molecule has 0 radical (unpaired) electrons. The van der Waals surface area contributed by atoms with Gasteiger partial charge in [0.1, 0.15) is 5.82 Å². The van der Waals surface area contributed by atoms with Gasteiger partial charge in [0.25, 0.3) is 0 Å². The first kappa shape index (κ1) is 51.1. The Morgan fingerprint density at radius 2 is 1.02 bits per heavy atom. The summed E-state index contributed by atoms with van der Waals surface area (Å²) in [6, 6.07) is 9.88. The summed E-state index contributed by atoms with van der Waals surface area (Å²) < 4.78 is 25.4.